The molecule has 5 nitrogen and oxygen atoms in total. The number of ketones is 2. The first-order valence-corrected chi connectivity index (χ1v) is 10.1. The lowest BCUT2D eigenvalue weighted by molar-refractivity contribution is -0.119. The fraction of sp³-hybridized carbons (Fsp3) is 0.500. The van der Waals surface area contributed by atoms with Gasteiger partial charge < -0.3 is 14.6 Å². The summed E-state index contributed by atoms with van der Waals surface area (Å²) in [5.74, 6) is 0.989. The van der Waals surface area contributed by atoms with Gasteiger partial charge in [0.2, 0.25) is 0 Å². The Hall–Kier alpha value is -2.56. The molecule has 4 rings (SSSR count). The average molecular weight is 396 g/mol. The van der Waals surface area contributed by atoms with Crippen LogP contribution in [0.2, 0.25) is 0 Å². The molecule has 1 aromatic rings. The first kappa shape index (κ1) is 19.7. The lowest BCUT2D eigenvalue weighted by Gasteiger charge is -2.41. The summed E-state index contributed by atoms with van der Waals surface area (Å²) in [4.78, 5) is 26.4. The summed E-state index contributed by atoms with van der Waals surface area (Å²) in [6, 6.07) is 5.46. The van der Waals surface area contributed by atoms with E-state index in [-0.39, 0.29) is 22.7 Å². The minimum Gasteiger partial charge on any atom is -0.511 e. The van der Waals surface area contributed by atoms with Crippen LogP contribution in [0.4, 0.5) is 0 Å². The molecule has 1 aliphatic heterocycles. The molecule has 3 aliphatic rings. The number of methoxy groups -OCH3 is 1. The van der Waals surface area contributed by atoms with Gasteiger partial charge in [0.15, 0.2) is 11.6 Å². The maximum atomic E-state index is 13.3. The zero-order chi connectivity index (χ0) is 21.1. The number of carbonyl (C=O) groups is 2. The van der Waals surface area contributed by atoms with Crippen molar-refractivity contribution in [3.05, 3.63) is 46.4 Å². The van der Waals surface area contributed by atoms with Crippen molar-refractivity contribution in [1.29, 1.82) is 0 Å². The maximum Gasteiger partial charge on any atom is 0.163 e. The molecule has 154 valence electrons. The van der Waals surface area contributed by atoms with Crippen LogP contribution in [-0.4, -0.2) is 23.8 Å². The number of ether oxygens (including phenoxy) is 2. The topological polar surface area (TPSA) is 72.8 Å². The van der Waals surface area contributed by atoms with Crippen molar-refractivity contribution in [3.63, 3.8) is 0 Å². The van der Waals surface area contributed by atoms with Crippen LogP contribution in [0, 0.1) is 10.8 Å². The van der Waals surface area contributed by atoms with Crippen LogP contribution in [-0.2, 0) is 9.59 Å². The van der Waals surface area contributed by atoms with E-state index in [1.807, 2.05) is 39.8 Å². The molecule has 29 heavy (non-hydrogen) atoms. The van der Waals surface area contributed by atoms with E-state index < -0.39 is 11.3 Å². The number of benzene rings is 1. The van der Waals surface area contributed by atoms with E-state index in [1.165, 1.54) is 0 Å². The average Bonchev–Trinajstić information content (AvgIpc) is 2.63. The summed E-state index contributed by atoms with van der Waals surface area (Å²) in [6.07, 6.45) is 1.90. The molecule has 1 heterocycles. The normalized spacial score (nSPS) is 25.3. The Kier molecular flexibility index (Phi) is 4.41. The van der Waals surface area contributed by atoms with Crippen LogP contribution in [0.15, 0.2) is 40.9 Å². The Bertz CT molecular complexity index is 977. The minimum absolute atomic E-state index is 0.0331. The number of aliphatic hydroxyl groups excluding tert-OH is 1. The molecule has 0 amide bonds. The van der Waals surface area contributed by atoms with Crippen LogP contribution in [0.1, 0.15) is 64.9 Å². The minimum atomic E-state index is -0.666. The first-order valence-electron chi connectivity index (χ1n) is 10.1. The van der Waals surface area contributed by atoms with Crippen LogP contribution < -0.4 is 9.47 Å². The van der Waals surface area contributed by atoms with Gasteiger partial charge in [-0.05, 0) is 24.0 Å². The highest BCUT2D eigenvalue weighted by Gasteiger charge is 2.48. The van der Waals surface area contributed by atoms with Crippen molar-refractivity contribution in [2.75, 3.05) is 7.11 Å². The van der Waals surface area contributed by atoms with Crippen molar-refractivity contribution < 1.29 is 24.2 Å². The lowest BCUT2D eigenvalue weighted by atomic mass is 9.66. The Labute approximate surface area is 171 Å². The summed E-state index contributed by atoms with van der Waals surface area (Å²) >= 11 is 0. The molecule has 0 saturated carbocycles. The van der Waals surface area contributed by atoms with Gasteiger partial charge in [0, 0.05) is 41.4 Å². The molecule has 0 bridgehead atoms. The van der Waals surface area contributed by atoms with E-state index in [0.717, 1.165) is 0 Å². The fourth-order valence-corrected chi connectivity index (χ4v) is 4.81. The third kappa shape index (κ3) is 3.07. The van der Waals surface area contributed by atoms with Crippen molar-refractivity contribution in [1.82, 2.24) is 0 Å². The predicted molar refractivity (Wildman–Crippen MR) is 109 cm³/mol. The van der Waals surface area contributed by atoms with Crippen molar-refractivity contribution >= 4 is 11.6 Å². The Morgan fingerprint density at radius 1 is 1.07 bits per heavy atom. The van der Waals surface area contributed by atoms with Gasteiger partial charge in [-0.2, -0.15) is 0 Å². The Balaban J connectivity index is 2.03. The Morgan fingerprint density at radius 2 is 1.79 bits per heavy atom. The summed E-state index contributed by atoms with van der Waals surface area (Å²) in [5, 5.41) is 11.1. The lowest BCUT2D eigenvalue weighted by Crippen LogP contribution is -2.36. The van der Waals surface area contributed by atoms with Crippen LogP contribution in [0.3, 0.4) is 0 Å². The third-order valence-electron chi connectivity index (χ3n) is 6.40. The second kappa shape index (κ2) is 6.48. The van der Waals surface area contributed by atoms with Gasteiger partial charge in [0.25, 0.3) is 0 Å². The van der Waals surface area contributed by atoms with Crippen LogP contribution in [0.25, 0.3) is 0 Å². The van der Waals surface area contributed by atoms with Crippen LogP contribution >= 0.6 is 0 Å². The molecule has 1 N–H and O–H groups in total. The molecule has 0 aromatic heterocycles. The smallest absolute Gasteiger partial charge is 0.163 e. The van der Waals surface area contributed by atoms with Gasteiger partial charge in [0.1, 0.15) is 23.0 Å². The van der Waals surface area contributed by atoms with Crippen molar-refractivity contribution in [3.8, 4) is 11.5 Å². The molecule has 0 saturated heterocycles. The van der Waals surface area contributed by atoms with E-state index in [0.29, 0.717) is 59.7 Å². The van der Waals surface area contributed by atoms with E-state index in [9.17, 15) is 14.7 Å². The Morgan fingerprint density at radius 3 is 2.48 bits per heavy atom. The second-order valence-electron chi connectivity index (χ2n) is 9.75. The quantitative estimate of drug-likeness (QED) is 0.760. The summed E-state index contributed by atoms with van der Waals surface area (Å²) in [6.45, 7) is 7.94. The highest BCUT2D eigenvalue weighted by molar-refractivity contribution is 6.06. The third-order valence-corrected chi connectivity index (χ3v) is 6.40. The second-order valence-corrected chi connectivity index (χ2v) is 9.75. The van der Waals surface area contributed by atoms with Gasteiger partial charge in [-0.25, -0.2) is 0 Å². The first-order chi connectivity index (χ1) is 13.6. The molecule has 0 radical (unpaired) electrons. The fourth-order valence-electron chi connectivity index (χ4n) is 4.81. The van der Waals surface area contributed by atoms with Gasteiger partial charge in [-0.3, -0.25) is 9.59 Å². The SMILES string of the molecule is COc1cccc2c1C(C1=C(O)C(C)(C)CCC1=O)C1=C(CC(C)(C)CC1=O)O2. The monoisotopic (exact) mass is 396 g/mol. The number of fused-ring (bicyclic) bond motifs is 1. The highest BCUT2D eigenvalue weighted by atomic mass is 16.5. The van der Waals surface area contributed by atoms with E-state index in [4.69, 9.17) is 9.47 Å². The molecule has 5 heteroatoms. The summed E-state index contributed by atoms with van der Waals surface area (Å²) < 4.78 is 11.8. The number of hydrogen-bond acceptors (Lipinski definition) is 5. The van der Waals surface area contributed by atoms with E-state index in [1.54, 1.807) is 13.2 Å². The van der Waals surface area contributed by atoms with Crippen LogP contribution in [0.5, 0.6) is 11.5 Å². The molecule has 1 unspecified atom stereocenters. The number of carbonyl (C=O) groups excluding carboxylic acids is 2. The molecule has 1 aromatic carbocycles. The van der Waals surface area contributed by atoms with Gasteiger partial charge in [-0.15, -0.1) is 0 Å². The zero-order valence-corrected chi connectivity index (χ0v) is 17.7. The van der Waals surface area contributed by atoms with Crippen molar-refractivity contribution in [2.45, 2.75) is 59.3 Å². The molecule has 0 spiro atoms. The number of hydrogen-bond donors (Lipinski definition) is 1. The molecule has 2 aliphatic carbocycles. The number of aliphatic hydroxyl groups is 1. The van der Waals surface area contributed by atoms with Gasteiger partial charge in [0.05, 0.1) is 13.0 Å². The van der Waals surface area contributed by atoms with E-state index in [2.05, 4.69) is 0 Å². The maximum absolute atomic E-state index is 13.3. The molecular weight excluding hydrogens is 368 g/mol. The largest absolute Gasteiger partial charge is 0.511 e. The molecule has 1 atom stereocenters. The zero-order valence-electron chi connectivity index (χ0n) is 17.7. The summed E-state index contributed by atoms with van der Waals surface area (Å²) in [7, 11) is 1.56. The summed E-state index contributed by atoms with van der Waals surface area (Å²) in [5.41, 5.74) is 0.712. The molecular formula is C24H28O5. The van der Waals surface area contributed by atoms with Crippen molar-refractivity contribution in [2.24, 2.45) is 10.8 Å². The predicted octanol–water partition coefficient (Wildman–Crippen LogP) is 5.02. The standard InChI is InChI=1S/C24H28O5/c1-23(2)11-14(26)18-17(12-23)29-16-8-6-7-15(28-5)20(16)21(18)19-13(25)9-10-24(3,4)22(19)27/h6-8,21,27H,9-12H2,1-5H3. The number of Topliss-reactive ketones (excluding diaryl/α,β-unsaturated/α-hetero) is 2. The highest BCUT2D eigenvalue weighted by Crippen LogP contribution is 2.55. The van der Waals surface area contributed by atoms with Gasteiger partial charge >= 0.3 is 0 Å². The molecule has 0 fully saturated rings. The van der Waals surface area contributed by atoms with E-state index >= 15 is 0 Å². The number of allylic oxidation sites excluding steroid dienone is 4. The van der Waals surface area contributed by atoms with Gasteiger partial charge in [-0.1, -0.05) is 33.8 Å². The number of rotatable bonds is 2.